The number of rotatable bonds is 6. The van der Waals surface area contributed by atoms with Crippen molar-refractivity contribution in [1.82, 2.24) is 9.55 Å². The number of non-ortho nitro benzene ring substituents is 1. The summed E-state index contributed by atoms with van der Waals surface area (Å²) in [4.78, 5) is 26.9. The molecule has 1 heterocycles. The van der Waals surface area contributed by atoms with Gasteiger partial charge in [-0.1, -0.05) is 24.8 Å². The third kappa shape index (κ3) is 3.97. The summed E-state index contributed by atoms with van der Waals surface area (Å²) < 4.78 is 6.80. The van der Waals surface area contributed by atoms with E-state index in [1.165, 1.54) is 18.2 Å². The van der Waals surface area contributed by atoms with Crippen molar-refractivity contribution in [3.8, 4) is 11.4 Å². The largest absolute Gasteiger partial charge is 0.460 e. The van der Waals surface area contributed by atoms with Crippen LogP contribution >= 0.6 is 17.0 Å². The number of esters is 1. The van der Waals surface area contributed by atoms with Crippen LogP contribution in [0.25, 0.3) is 22.4 Å². The molecule has 0 amide bonds. The van der Waals surface area contributed by atoms with E-state index < -0.39 is 10.9 Å². The second kappa shape index (κ2) is 8.39. The number of aromatic nitrogens is 2. The molecule has 3 rings (SSSR count). The highest BCUT2D eigenvalue weighted by Crippen LogP contribution is 2.26. The Morgan fingerprint density at radius 2 is 1.92 bits per heavy atom. The molecular formula is C18H16BrN3O4. The van der Waals surface area contributed by atoms with E-state index >= 15 is 0 Å². The summed E-state index contributed by atoms with van der Waals surface area (Å²) in [6.07, 6.45) is 1.50. The molecule has 8 heteroatoms. The van der Waals surface area contributed by atoms with Crippen LogP contribution < -0.4 is 0 Å². The molecular weight excluding hydrogens is 402 g/mol. The Balaban J connectivity index is 0.00000243. The predicted molar refractivity (Wildman–Crippen MR) is 103 cm³/mol. The molecule has 1 aromatic heterocycles. The predicted octanol–water partition coefficient (Wildman–Crippen LogP) is 3.92. The van der Waals surface area contributed by atoms with Crippen molar-refractivity contribution >= 4 is 39.7 Å². The number of hydrogen-bond acceptors (Lipinski definition) is 5. The monoisotopic (exact) mass is 417 g/mol. The molecule has 0 bridgehead atoms. The minimum absolute atomic E-state index is 0. The lowest BCUT2D eigenvalue weighted by molar-refractivity contribution is -0.384. The summed E-state index contributed by atoms with van der Waals surface area (Å²) in [7, 11) is 0. The Kier molecular flexibility index (Phi) is 6.24. The minimum Gasteiger partial charge on any atom is -0.460 e. The number of carbonyl (C=O) groups excluding carboxylic acids is 1. The minimum atomic E-state index is -0.459. The van der Waals surface area contributed by atoms with Crippen molar-refractivity contribution in [2.75, 3.05) is 6.61 Å². The molecule has 0 N–H and O–H groups in total. The van der Waals surface area contributed by atoms with Crippen LogP contribution in [0.5, 0.6) is 0 Å². The first-order chi connectivity index (χ1) is 12.1. The van der Waals surface area contributed by atoms with Gasteiger partial charge in [0.1, 0.15) is 19.0 Å². The van der Waals surface area contributed by atoms with E-state index in [0.717, 1.165) is 11.0 Å². The molecule has 0 aliphatic rings. The van der Waals surface area contributed by atoms with Gasteiger partial charge in [-0.3, -0.25) is 14.9 Å². The highest BCUT2D eigenvalue weighted by Gasteiger charge is 2.16. The van der Waals surface area contributed by atoms with Gasteiger partial charge in [0.2, 0.25) is 0 Å². The summed E-state index contributed by atoms with van der Waals surface area (Å²) in [5, 5.41) is 10.8. The summed E-state index contributed by atoms with van der Waals surface area (Å²) in [5.74, 6) is 0.137. The number of nitro benzene ring substituents is 1. The zero-order chi connectivity index (χ0) is 17.8. The lowest BCUT2D eigenvalue weighted by atomic mass is 10.2. The zero-order valence-corrected chi connectivity index (χ0v) is 15.4. The number of fused-ring (bicyclic) bond motifs is 1. The number of ether oxygens (including phenoxy) is 1. The number of nitro groups is 1. The molecule has 3 aromatic rings. The molecule has 0 saturated carbocycles. The Hall–Kier alpha value is -3.00. The van der Waals surface area contributed by atoms with Gasteiger partial charge in [0.25, 0.3) is 5.69 Å². The molecule has 0 unspecified atom stereocenters. The molecule has 0 aliphatic carbocycles. The molecule has 7 nitrogen and oxygen atoms in total. The van der Waals surface area contributed by atoms with Crippen LogP contribution in [-0.4, -0.2) is 27.1 Å². The molecule has 26 heavy (non-hydrogen) atoms. The highest BCUT2D eigenvalue weighted by molar-refractivity contribution is 8.93. The van der Waals surface area contributed by atoms with Crippen LogP contribution in [0.4, 0.5) is 5.69 Å². The van der Waals surface area contributed by atoms with Crippen molar-refractivity contribution in [2.45, 2.75) is 6.54 Å². The average Bonchev–Trinajstić information content (AvgIpc) is 2.98. The number of para-hydroxylation sites is 2. The van der Waals surface area contributed by atoms with Crippen molar-refractivity contribution < 1.29 is 14.5 Å². The maximum atomic E-state index is 12.0. The third-order valence-electron chi connectivity index (χ3n) is 3.64. The van der Waals surface area contributed by atoms with Gasteiger partial charge >= 0.3 is 5.97 Å². The molecule has 134 valence electrons. The number of nitrogens with zero attached hydrogens (tertiary/aromatic N) is 3. The maximum absolute atomic E-state index is 12.0. The van der Waals surface area contributed by atoms with Gasteiger partial charge in [0.15, 0.2) is 0 Å². The lowest BCUT2D eigenvalue weighted by Crippen LogP contribution is -2.14. The third-order valence-corrected chi connectivity index (χ3v) is 3.64. The fourth-order valence-electron chi connectivity index (χ4n) is 2.51. The topological polar surface area (TPSA) is 87.3 Å². The van der Waals surface area contributed by atoms with Gasteiger partial charge in [0.05, 0.1) is 16.0 Å². The molecule has 0 spiro atoms. The molecule has 2 aromatic carbocycles. The standard InChI is InChI=1S/C18H15N3O4.BrH/c1-2-11-25-17(22)12-20-16-6-4-3-5-15(16)19-18(20)13-7-9-14(10-8-13)21(23)24;/h2-10H,1,11-12H2;1H. The molecule has 0 aliphatic heterocycles. The summed E-state index contributed by atoms with van der Waals surface area (Å²) in [6.45, 7) is 3.64. The highest BCUT2D eigenvalue weighted by atomic mass is 79.9. The van der Waals surface area contributed by atoms with E-state index in [-0.39, 0.29) is 35.8 Å². The normalized spacial score (nSPS) is 10.2. The van der Waals surface area contributed by atoms with Crippen LogP contribution in [-0.2, 0) is 16.1 Å². The second-order valence-corrected chi connectivity index (χ2v) is 5.29. The Labute approximate surface area is 159 Å². The first-order valence-electron chi connectivity index (χ1n) is 7.57. The fourth-order valence-corrected chi connectivity index (χ4v) is 2.51. The van der Waals surface area contributed by atoms with Crippen molar-refractivity contribution in [1.29, 1.82) is 0 Å². The van der Waals surface area contributed by atoms with Crippen LogP contribution in [0.1, 0.15) is 0 Å². The van der Waals surface area contributed by atoms with E-state index in [1.54, 1.807) is 16.7 Å². The molecule has 0 fully saturated rings. The van der Waals surface area contributed by atoms with Gasteiger partial charge in [-0.05, 0) is 24.3 Å². The van der Waals surface area contributed by atoms with E-state index in [9.17, 15) is 14.9 Å². The first kappa shape index (κ1) is 19.3. The van der Waals surface area contributed by atoms with Gasteiger partial charge in [-0.25, -0.2) is 4.98 Å². The second-order valence-electron chi connectivity index (χ2n) is 5.29. The van der Waals surface area contributed by atoms with Crippen LogP contribution in [0, 0.1) is 10.1 Å². The van der Waals surface area contributed by atoms with E-state index in [1.807, 2.05) is 24.3 Å². The van der Waals surface area contributed by atoms with Crippen molar-refractivity contribution in [2.24, 2.45) is 0 Å². The maximum Gasteiger partial charge on any atom is 0.326 e. The van der Waals surface area contributed by atoms with Crippen LogP contribution in [0.3, 0.4) is 0 Å². The molecule has 0 radical (unpaired) electrons. The quantitative estimate of drug-likeness (QED) is 0.262. The number of carbonyl (C=O) groups is 1. The smallest absolute Gasteiger partial charge is 0.326 e. The summed E-state index contributed by atoms with van der Waals surface area (Å²) >= 11 is 0. The molecule has 0 atom stereocenters. The van der Waals surface area contributed by atoms with E-state index in [0.29, 0.717) is 11.4 Å². The van der Waals surface area contributed by atoms with Gasteiger partial charge < -0.3 is 9.30 Å². The van der Waals surface area contributed by atoms with Crippen molar-refractivity contribution in [3.05, 3.63) is 71.3 Å². The van der Waals surface area contributed by atoms with Crippen molar-refractivity contribution in [3.63, 3.8) is 0 Å². The Bertz CT molecular complexity index is 951. The summed E-state index contributed by atoms with van der Waals surface area (Å²) in [6, 6.07) is 13.5. The summed E-state index contributed by atoms with van der Waals surface area (Å²) in [5.41, 5.74) is 2.19. The first-order valence-corrected chi connectivity index (χ1v) is 7.57. The zero-order valence-electron chi connectivity index (χ0n) is 13.7. The van der Waals surface area contributed by atoms with Gasteiger partial charge in [-0.15, -0.1) is 17.0 Å². The average molecular weight is 418 g/mol. The van der Waals surface area contributed by atoms with E-state index in [2.05, 4.69) is 11.6 Å². The Morgan fingerprint density at radius 3 is 2.58 bits per heavy atom. The van der Waals surface area contributed by atoms with Crippen LogP contribution in [0.2, 0.25) is 0 Å². The number of hydrogen-bond donors (Lipinski definition) is 0. The van der Waals surface area contributed by atoms with Gasteiger partial charge in [0, 0.05) is 17.7 Å². The van der Waals surface area contributed by atoms with Crippen LogP contribution in [0.15, 0.2) is 61.2 Å². The van der Waals surface area contributed by atoms with Gasteiger partial charge in [-0.2, -0.15) is 0 Å². The Morgan fingerprint density at radius 1 is 1.23 bits per heavy atom. The number of benzene rings is 2. The van der Waals surface area contributed by atoms with E-state index in [4.69, 9.17) is 4.74 Å². The SMILES string of the molecule is Br.C=CCOC(=O)Cn1c(-c2ccc([N+](=O)[O-])cc2)nc2ccccc21. The lowest BCUT2D eigenvalue weighted by Gasteiger charge is -2.09. The number of imidazole rings is 1. The molecule has 0 saturated heterocycles. The number of halogens is 1. The fraction of sp³-hybridized carbons (Fsp3) is 0.111.